The molecule has 1 saturated heterocycles. The molecular weight excluding hydrogens is 313 g/mol. The van der Waals surface area contributed by atoms with E-state index in [1.807, 2.05) is 0 Å². The van der Waals surface area contributed by atoms with Gasteiger partial charge in [0.15, 0.2) is 5.60 Å². The molecule has 2 amide bonds. The van der Waals surface area contributed by atoms with Crippen LogP contribution in [0.25, 0.3) is 0 Å². The molecular formula is C15H17F3N2O3. The number of likely N-dealkylation sites (tertiary alicyclic amines) is 1. The molecule has 8 heteroatoms. The summed E-state index contributed by atoms with van der Waals surface area (Å²) < 4.78 is 38.4. The Bertz CT molecular complexity index is 618. The summed E-state index contributed by atoms with van der Waals surface area (Å²) in [7, 11) is 0. The lowest BCUT2D eigenvalue weighted by molar-refractivity contribution is -0.253. The Kier molecular flexibility index (Phi) is 4.65. The van der Waals surface area contributed by atoms with Crippen LogP contribution in [0.2, 0.25) is 0 Å². The third-order valence-electron chi connectivity index (χ3n) is 3.78. The predicted octanol–water partition coefficient (Wildman–Crippen LogP) is 2.17. The van der Waals surface area contributed by atoms with Crippen molar-refractivity contribution in [2.75, 3.05) is 18.4 Å². The second kappa shape index (κ2) is 6.19. The molecule has 1 aliphatic rings. The van der Waals surface area contributed by atoms with Crippen LogP contribution in [0.5, 0.6) is 0 Å². The molecule has 0 aromatic heterocycles. The van der Waals surface area contributed by atoms with E-state index in [0.717, 1.165) is 4.90 Å². The highest BCUT2D eigenvalue weighted by molar-refractivity contribution is 5.97. The van der Waals surface area contributed by atoms with Gasteiger partial charge in [0.2, 0.25) is 5.91 Å². The van der Waals surface area contributed by atoms with Gasteiger partial charge in [-0.3, -0.25) is 9.59 Å². The van der Waals surface area contributed by atoms with Crippen molar-refractivity contribution in [3.05, 3.63) is 29.8 Å². The Balaban J connectivity index is 2.13. The first-order chi connectivity index (χ1) is 10.7. The molecule has 0 saturated carbocycles. The van der Waals surface area contributed by atoms with Crippen LogP contribution in [-0.4, -0.2) is 46.7 Å². The third kappa shape index (κ3) is 3.64. The minimum Gasteiger partial charge on any atom is -0.379 e. The van der Waals surface area contributed by atoms with Gasteiger partial charge in [-0.25, -0.2) is 0 Å². The van der Waals surface area contributed by atoms with Crippen LogP contribution in [0.3, 0.4) is 0 Å². The molecule has 1 aromatic carbocycles. The Morgan fingerprint density at radius 3 is 2.65 bits per heavy atom. The number of β-amino-alcohol motifs (C(OH)–C–C–N with tert-alkyl or cyclic N) is 1. The summed E-state index contributed by atoms with van der Waals surface area (Å²) in [6.45, 7) is 0.702. The summed E-state index contributed by atoms with van der Waals surface area (Å²) >= 11 is 0. The Morgan fingerprint density at radius 1 is 1.39 bits per heavy atom. The molecule has 23 heavy (non-hydrogen) atoms. The number of carbonyl (C=O) groups is 2. The molecule has 1 fully saturated rings. The molecule has 5 nitrogen and oxygen atoms in total. The average molecular weight is 330 g/mol. The maximum Gasteiger partial charge on any atom is 0.419 e. The van der Waals surface area contributed by atoms with Crippen LogP contribution >= 0.6 is 0 Å². The molecule has 2 rings (SSSR count). The maximum absolute atomic E-state index is 12.8. The first kappa shape index (κ1) is 17.3. The number of hydrogen-bond donors (Lipinski definition) is 2. The summed E-state index contributed by atoms with van der Waals surface area (Å²) in [5.74, 6) is -0.847. The van der Waals surface area contributed by atoms with Gasteiger partial charge in [-0.1, -0.05) is 13.0 Å². The zero-order chi connectivity index (χ0) is 17.3. The van der Waals surface area contributed by atoms with Crippen LogP contribution in [0.15, 0.2) is 24.3 Å². The fourth-order valence-corrected chi connectivity index (χ4v) is 2.36. The third-order valence-corrected chi connectivity index (χ3v) is 3.78. The highest BCUT2D eigenvalue weighted by atomic mass is 19.4. The quantitative estimate of drug-likeness (QED) is 0.892. The van der Waals surface area contributed by atoms with Crippen molar-refractivity contribution in [1.82, 2.24) is 4.90 Å². The summed E-state index contributed by atoms with van der Waals surface area (Å²) in [6, 6.07) is 5.97. The van der Waals surface area contributed by atoms with Crippen LogP contribution in [0.4, 0.5) is 18.9 Å². The van der Waals surface area contributed by atoms with Gasteiger partial charge in [0.25, 0.3) is 5.91 Å². The van der Waals surface area contributed by atoms with Crippen LogP contribution < -0.4 is 5.32 Å². The number of anilines is 1. The summed E-state index contributed by atoms with van der Waals surface area (Å²) in [5, 5.41) is 12.2. The van der Waals surface area contributed by atoms with Crippen molar-refractivity contribution in [1.29, 1.82) is 0 Å². The Hall–Kier alpha value is -2.09. The molecule has 1 heterocycles. The SMILES string of the molecule is CCC(=O)Nc1cccc(C(=O)N2CC[C@@](O)(C(F)(F)F)C2)c1. The van der Waals surface area contributed by atoms with Gasteiger partial charge < -0.3 is 15.3 Å². The number of nitrogens with one attached hydrogen (secondary N) is 1. The summed E-state index contributed by atoms with van der Waals surface area (Å²) in [5.41, 5.74) is -2.31. The largest absolute Gasteiger partial charge is 0.419 e. The summed E-state index contributed by atoms with van der Waals surface area (Å²) in [6.07, 6.45) is -5.06. The standard InChI is InChI=1S/C15H17F3N2O3/c1-2-12(21)19-11-5-3-4-10(8-11)13(22)20-7-6-14(23,9-20)15(16,17)18/h3-5,8,23H,2,6-7,9H2,1H3,(H,19,21)/t14-/m0/s1. The van der Waals surface area contributed by atoms with E-state index in [9.17, 15) is 27.9 Å². The number of hydrogen-bond acceptors (Lipinski definition) is 3. The zero-order valence-corrected chi connectivity index (χ0v) is 12.5. The average Bonchev–Trinajstić information content (AvgIpc) is 2.90. The van der Waals surface area contributed by atoms with E-state index in [2.05, 4.69) is 5.32 Å². The summed E-state index contributed by atoms with van der Waals surface area (Å²) in [4.78, 5) is 24.6. The van der Waals surface area contributed by atoms with Gasteiger partial charge in [0, 0.05) is 30.6 Å². The monoisotopic (exact) mass is 330 g/mol. The normalized spacial score (nSPS) is 21.3. The number of rotatable bonds is 3. The van der Waals surface area contributed by atoms with E-state index >= 15 is 0 Å². The highest BCUT2D eigenvalue weighted by Crippen LogP contribution is 2.38. The predicted molar refractivity (Wildman–Crippen MR) is 76.9 cm³/mol. The van der Waals surface area contributed by atoms with Gasteiger partial charge in [0.1, 0.15) is 0 Å². The number of halogens is 3. The molecule has 1 atom stereocenters. The first-order valence-corrected chi connectivity index (χ1v) is 7.14. The van der Waals surface area contributed by atoms with Crippen molar-refractivity contribution in [2.24, 2.45) is 0 Å². The highest BCUT2D eigenvalue weighted by Gasteiger charge is 2.57. The van der Waals surface area contributed by atoms with E-state index in [1.165, 1.54) is 18.2 Å². The number of nitrogens with zero attached hydrogens (tertiary/aromatic N) is 1. The molecule has 0 bridgehead atoms. The molecule has 1 aliphatic heterocycles. The van der Waals surface area contributed by atoms with Crippen LogP contribution in [0, 0.1) is 0 Å². The number of benzene rings is 1. The lowest BCUT2D eigenvalue weighted by atomic mass is 10.0. The van der Waals surface area contributed by atoms with Crippen molar-refractivity contribution in [2.45, 2.75) is 31.5 Å². The zero-order valence-electron chi connectivity index (χ0n) is 12.5. The van der Waals surface area contributed by atoms with Crippen molar-refractivity contribution < 1.29 is 27.9 Å². The van der Waals surface area contributed by atoms with E-state index < -0.39 is 30.7 Å². The molecule has 126 valence electrons. The Morgan fingerprint density at radius 2 is 2.09 bits per heavy atom. The lowest BCUT2D eigenvalue weighted by Gasteiger charge is -2.26. The number of carbonyl (C=O) groups excluding carboxylic acids is 2. The van der Waals surface area contributed by atoms with Crippen LogP contribution in [-0.2, 0) is 4.79 Å². The van der Waals surface area contributed by atoms with Crippen molar-refractivity contribution in [3.63, 3.8) is 0 Å². The van der Waals surface area contributed by atoms with Crippen LogP contribution in [0.1, 0.15) is 30.1 Å². The fraction of sp³-hybridized carbons (Fsp3) is 0.467. The molecule has 1 aromatic rings. The fourth-order valence-electron chi connectivity index (χ4n) is 2.36. The second-order valence-electron chi connectivity index (χ2n) is 5.49. The molecule has 0 unspecified atom stereocenters. The number of alkyl halides is 3. The number of amides is 2. The minimum absolute atomic E-state index is 0.158. The first-order valence-electron chi connectivity index (χ1n) is 7.14. The minimum atomic E-state index is -4.78. The lowest BCUT2D eigenvalue weighted by Crippen LogP contribution is -2.48. The van der Waals surface area contributed by atoms with Gasteiger partial charge in [-0.05, 0) is 18.2 Å². The molecule has 0 spiro atoms. The number of aliphatic hydroxyl groups is 1. The molecule has 0 radical (unpaired) electrons. The van der Waals surface area contributed by atoms with Gasteiger partial charge >= 0.3 is 6.18 Å². The van der Waals surface area contributed by atoms with Gasteiger partial charge in [-0.2, -0.15) is 13.2 Å². The van der Waals surface area contributed by atoms with E-state index in [-0.39, 0.29) is 24.4 Å². The smallest absolute Gasteiger partial charge is 0.379 e. The topological polar surface area (TPSA) is 69.6 Å². The van der Waals surface area contributed by atoms with E-state index in [0.29, 0.717) is 5.69 Å². The maximum atomic E-state index is 12.8. The van der Waals surface area contributed by atoms with Gasteiger partial charge in [-0.15, -0.1) is 0 Å². The second-order valence-corrected chi connectivity index (χ2v) is 5.49. The molecule has 0 aliphatic carbocycles. The Labute approximate surface area is 131 Å². The van der Waals surface area contributed by atoms with Crippen molar-refractivity contribution in [3.8, 4) is 0 Å². The van der Waals surface area contributed by atoms with E-state index in [1.54, 1.807) is 13.0 Å². The molecule has 2 N–H and O–H groups in total. The van der Waals surface area contributed by atoms with Gasteiger partial charge in [0.05, 0.1) is 6.54 Å². The van der Waals surface area contributed by atoms with Crippen molar-refractivity contribution >= 4 is 17.5 Å². The van der Waals surface area contributed by atoms with E-state index in [4.69, 9.17) is 0 Å².